The zero-order valence-electron chi connectivity index (χ0n) is 25.5. The lowest BCUT2D eigenvalue weighted by molar-refractivity contribution is 0.386. The SMILES string of the molecule is CCCCCCCCNCCC[Si](C)(C)O[Si](C)(C)O[Si](C)(C)CCCNCCCCCCCC. The summed E-state index contributed by atoms with van der Waals surface area (Å²) in [6.45, 7) is 23.3. The molecule has 0 heterocycles. The lowest BCUT2D eigenvalue weighted by Crippen LogP contribution is -2.52. The van der Waals surface area contributed by atoms with Crippen molar-refractivity contribution in [3.05, 3.63) is 0 Å². The highest BCUT2D eigenvalue weighted by Gasteiger charge is 2.39. The van der Waals surface area contributed by atoms with E-state index in [2.05, 4.69) is 63.8 Å². The highest BCUT2D eigenvalue weighted by Crippen LogP contribution is 2.25. The Morgan fingerprint density at radius 1 is 0.429 bits per heavy atom. The van der Waals surface area contributed by atoms with Crippen LogP contribution in [0.1, 0.15) is 104 Å². The minimum Gasteiger partial charge on any atom is -0.437 e. The number of rotatable bonds is 26. The molecular weight excluding hydrogens is 481 g/mol. The first-order chi connectivity index (χ1) is 16.5. The third-order valence-electron chi connectivity index (χ3n) is 6.72. The van der Waals surface area contributed by atoms with E-state index >= 15 is 0 Å². The smallest absolute Gasteiger partial charge is 0.311 e. The molecule has 0 radical (unpaired) electrons. The highest BCUT2D eigenvalue weighted by atomic mass is 28.5. The highest BCUT2D eigenvalue weighted by molar-refractivity contribution is 6.87. The Kier molecular flexibility index (Phi) is 21.7. The van der Waals surface area contributed by atoms with Crippen LogP contribution >= 0.6 is 0 Å². The van der Waals surface area contributed by atoms with Crippen LogP contribution in [0.5, 0.6) is 0 Å². The second-order valence-corrected chi connectivity index (χ2v) is 24.8. The molecule has 0 rings (SSSR count). The van der Waals surface area contributed by atoms with E-state index in [-0.39, 0.29) is 0 Å². The fraction of sp³-hybridized carbons (Fsp3) is 1.00. The molecule has 0 saturated heterocycles. The van der Waals surface area contributed by atoms with Crippen LogP contribution < -0.4 is 10.6 Å². The van der Waals surface area contributed by atoms with Gasteiger partial charge in [-0.25, -0.2) is 0 Å². The number of hydrogen-bond acceptors (Lipinski definition) is 4. The molecule has 0 bridgehead atoms. The van der Waals surface area contributed by atoms with Crippen LogP contribution in [0.3, 0.4) is 0 Å². The summed E-state index contributed by atoms with van der Waals surface area (Å²) < 4.78 is 13.6. The van der Waals surface area contributed by atoms with Gasteiger partial charge in [0.1, 0.15) is 0 Å². The first-order valence-electron chi connectivity index (χ1n) is 15.4. The van der Waals surface area contributed by atoms with E-state index in [0.717, 1.165) is 13.1 Å². The molecule has 2 N–H and O–H groups in total. The summed E-state index contributed by atoms with van der Waals surface area (Å²) in [4.78, 5) is 0. The third-order valence-corrected chi connectivity index (χ3v) is 18.2. The summed E-state index contributed by atoms with van der Waals surface area (Å²) >= 11 is 0. The average molecular weight is 547 g/mol. The molecule has 0 spiro atoms. The van der Waals surface area contributed by atoms with Gasteiger partial charge in [0.15, 0.2) is 16.6 Å². The van der Waals surface area contributed by atoms with Crippen molar-refractivity contribution in [1.82, 2.24) is 10.6 Å². The van der Waals surface area contributed by atoms with Gasteiger partial charge in [-0.2, -0.15) is 0 Å². The van der Waals surface area contributed by atoms with Gasteiger partial charge < -0.3 is 18.9 Å². The van der Waals surface area contributed by atoms with E-state index in [9.17, 15) is 0 Å². The topological polar surface area (TPSA) is 42.5 Å². The maximum Gasteiger partial charge on any atom is 0.311 e. The molecule has 0 aliphatic rings. The fourth-order valence-electron chi connectivity index (χ4n) is 5.04. The van der Waals surface area contributed by atoms with Crippen LogP contribution in [0, 0.1) is 0 Å². The molecule has 7 heteroatoms. The van der Waals surface area contributed by atoms with Crippen LogP contribution in [0.25, 0.3) is 0 Å². The Balaban J connectivity index is 3.95. The Labute approximate surface area is 225 Å². The number of hydrogen-bond donors (Lipinski definition) is 2. The minimum atomic E-state index is -2.09. The lowest BCUT2D eigenvalue weighted by atomic mass is 10.1. The average Bonchev–Trinajstić information content (AvgIpc) is 2.74. The van der Waals surface area contributed by atoms with Gasteiger partial charge in [0.2, 0.25) is 0 Å². The second-order valence-electron chi connectivity index (χ2n) is 12.4. The zero-order valence-corrected chi connectivity index (χ0v) is 28.5. The quantitative estimate of drug-likeness (QED) is 0.0840. The van der Waals surface area contributed by atoms with Crippen molar-refractivity contribution in [2.24, 2.45) is 0 Å². The van der Waals surface area contributed by atoms with Crippen LogP contribution in [0.4, 0.5) is 0 Å². The Morgan fingerprint density at radius 2 is 0.743 bits per heavy atom. The van der Waals surface area contributed by atoms with E-state index in [1.54, 1.807) is 0 Å². The third kappa shape index (κ3) is 24.6. The van der Waals surface area contributed by atoms with Crippen molar-refractivity contribution < 1.29 is 8.23 Å². The van der Waals surface area contributed by atoms with E-state index in [0.29, 0.717) is 0 Å². The zero-order chi connectivity index (χ0) is 26.5. The summed E-state index contributed by atoms with van der Waals surface area (Å²) in [6, 6.07) is 2.45. The van der Waals surface area contributed by atoms with Gasteiger partial charge >= 0.3 is 8.56 Å². The normalized spacial score (nSPS) is 13.0. The molecule has 0 aromatic heterocycles. The number of unbranched alkanes of at least 4 members (excludes halogenated alkanes) is 10. The first-order valence-corrected chi connectivity index (χ1v) is 24.4. The summed E-state index contributed by atoms with van der Waals surface area (Å²) in [5.41, 5.74) is 0. The van der Waals surface area contributed by atoms with E-state index in [4.69, 9.17) is 8.23 Å². The summed E-state index contributed by atoms with van der Waals surface area (Å²) in [5, 5.41) is 7.30. The molecule has 212 valence electrons. The van der Waals surface area contributed by atoms with Gasteiger partial charge in [-0.1, -0.05) is 78.1 Å². The van der Waals surface area contributed by atoms with Gasteiger partial charge in [0, 0.05) is 0 Å². The standard InChI is InChI=1S/C28H66N2O2Si3/c1-9-11-13-15-17-19-23-29-25-21-27-33(3,4)31-35(7,8)32-34(5,6)28-22-26-30-24-20-18-16-14-12-10-2/h29-30H,9-28H2,1-8H3. The maximum atomic E-state index is 6.79. The molecule has 4 nitrogen and oxygen atoms in total. The fourth-order valence-corrected chi connectivity index (χ4v) is 19.1. The largest absolute Gasteiger partial charge is 0.437 e. The van der Waals surface area contributed by atoms with Gasteiger partial charge in [-0.15, -0.1) is 0 Å². The maximum absolute atomic E-state index is 6.79. The van der Waals surface area contributed by atoms with Crippen LogP contribution in [0.15, 0.2) is 0 Å². The molecule has 0 aliphatic carbocycles. The first kappa shape index (κ1) is 35.5. The Hall–Kier alpha value is 0.491. The summed E-state index contributed by atoms with van der Waals surface area (Å²) in [7, 11) is -5.46. The monoisotopic (exact) mass is 546 g/mol. The van der Waals surface area contributed by atoms with Gasteiger partial charge in [0.25, 0.3) is 0 Å². The molecule has 35 heavy (non-hydrogen) atoms. The molecule has 0 amide bonds. The Bertz CT molecular complexity index is 437. The molecule has 0 fully saturated rings. The van der Waals surface area contributed by atoms with Crippen molar-refractivity contribution in [3.63, 3.8) is 0 Å². The molecular formula is C28H66N2O2Si3. The van der Waals surface area contributed by atoms with E-state index < -0.39 is 25.2 Å². The second kappa shape index (κ2) is 21.4. The molecule has 0 atom stereocenters. The van der Waals surface area contributed by atoms with E-state index in [1.165, 1.54) is 115 Å². The molecule has 0 saturated carbocycles. The van der Waals surface area contributed by atoms with Crippen molar-refractivity contribution in [3.8, 4) is 0 Å². The van der Waals surface area contributed by atoms with Crippen molar-refractivity contribution in [1.29, 1.82) is 0 Å². The lowest BCUT2D eigenvalue weighted by Gasteiger charge is -2.39. The van der Waals surface area contributed by atoms with Gasteiger partial charge in [-0.3, -0.25) is 0 Å². The van der Waals surface area contributed by atoms with Crippen molar-refractivity contribution >= 4 is 25.2 Å². The summed E-state index contributed by atoms with van der Waals surface area (Å²) in [6.07, 6.45) is 18.9. The molecule has 0 aromatic carbocycles. The molecule has 0 aromatic rings. The summed E-state index contributed by atoms with van der Waals surface area (Å²) in [5.74, 6) is 0. The van der Waals surface area contributed by atoms with Crippen LogP contribution in [0.2, 0.25) is 51.4 Å². The minimum absolute atomic E-state index is 1.13. The molecule has 0 unspecified atom stereocenters. The molecule has 0 aliphatic heterocycles. The van der Waals surface area contributed by atoms with Gasteiger partial charge in [-0.05, 0) is 103 Å². The Morgan fingerprint density at radius 3 is 1.11 bits per heavy atom. The number of nitrogens with one attached hydrogen (secondary N) is 2. The van der Waals surface area contributed by atoms with Crippen molar-refractivity contribution in [2.75, 3.05) is 26.2 Å². The van der Waals surface area contributed by atoms with Gasteiger partial charge in [0.05, 0.1) is 0 Å². The van der Waals surface area contributed by atoms with Crippen LogP contribution in [-0.4, -0.2) is 51.4 Å². The van der Waals surface area contributed by atoms with Crippen molar-refractivity contribution in [2.45, 2.75) is 155 Å². The predicted octanol–water partition coefficient (Wildman–Crippen LogP) is 8.81. The predicted molar refractivity (Wildman–Crippen MR) is 166 cm³/mol. The van der Waals surface area contributed by atoms with Crippen LogP contribution in [-0.2, 0) is 8.23 Å². The van der Waals surface area contributed by atoms with E-state index in [1.807, 2.05) is 0 Å².